The zero-order valence-corrected chi connectivity index (χ0v) is 10.0. The smallest absolute Gasteiger partial charge is 0.136 e. The van der Waals surface area contributed by atoms with E-state index < -0.39 is 0 Å². The van der Waals surface area contributed by atoms with Crippen LogP contribution in [0.5, 0.6) is 0 Å². The Morgan fingerprint density at radius 3 is 2.94 bits per heavy atom. The second-order valence-corrected chi connectivity index (χ2v) is 4.47. The summed E-state index contributed by atoms with van der Waals surface area (Å²) in [6.07, 6.45) is 1.91. The molecule has 0 aromatic carbocycles. The van der Waals surface area contributed by atoms with Gasteiger partial charge >= 0.3 is 0 Å². The zero-order valence-electron chi connectivity index (χ0n) is 10.0. The van der Waals surface area contributed by atoms with Gasteiger partial charge in [0.05, 0.1) is 25.5 Å². The van der Waals surface area contributed by atoms with Crippen LogP contribution in [-0.2, 0) is 22.5 Å². The van der Waals surface area contributed by atoms with E-state index in [-0.39, 0.29) is 0 Å². The minimum Gasteiger partial charge on any atom is -0.381 e. The van der Waals surface area contributed by atoms with E-state index >= 15 is 0 Å². The standard InChI is InChI=1S/C12H17N3O2/c1-13-12-9-7-17-5-3-10(9)14-11(15-12)8-2-4-16-6-8/h8H,2-7H2,1H3,(H,13,14,15). The van der Waals surface area contributed by atoms with E-state index in [2.05, 4.69) is 10.3 Å². The van der Waals surface area contributed by atoms with E-state index in [1.54, 1.807) is 0 Å². The summed E-state index contributed by atoms with van der Waals surface area (Å²) in [5, 5.41) is 3.15. The van der Waals surface area contributed by atoms with E-state index in [4.69, 9.17) is 14.5 Å². The second kappa shape index (κ2) is 4.58. The van der Waals surface area contributed by atoms with Crippen molar-refractivity contribution in [2.75, 3.05) is 32.2 Å². The number of rotatable bonds is 2. The van der Waals surface area contributed by atoms with Crippen molar-refractivity contribution < 1.29 is 9.47 Å². The van der Waals surface area contributed by atoms with E-state index in [1.165, 1.54) is 0 Å². The quantitative estimate of drug-likeness (QED) is 0.831. The molecule has 1 unspecified atom stereocenters. The molecule has 92 valence electrons. The van der Waals surface area contributed by atoms with Gasteiger partial charge in [0, 0.05) is 31.6 Å². The number of hydrogen-bond donors (Lipinski definition) is 1. The molecule has 17 heavy (non-hydrogen) atoms. The zero-order chi connectivity index (χ0) is 11.7. The first-order valence-electron chi connectivity index (χ1n) is 6.11. The Hall–Kier alpha value is -1.20. The van der Waals surface area contributed by atoms with Gasteiger partial charge in [-0.15, -0.1) is 0 Å². The lowest BCUT2D eigenvalue weighted by molar-refractivity contribution is 0.109. The van der Waals surface area contributed by atoms with Gasteiger partial charge in [-0.3, -0.25) is 0 Å². The lowest BCUT2D eigenvalue weighted by Crippen LogP contribution is -2.18. The van der Waals surface area contributed by atoms with Crippen molar-refractivity contribution in [3.8, 4) is 0 Å². The maximum atomic E-state index is 5.46. The van der Waals surface area contributed by atoms with Crippen molar-refractivity contribution in [1.29, 1.82) is 0 Å². The van der Waals surface area contributed by atoms with E-state index in [1.807, 2.05) is 7.05 Å². The van der Waals surface area contributed by atoms with Gasteiger partial charge < -0.3 is 14.8 Å². The second-order valence-electron chi connectivity index (χ2n) is 4.47. The number of anilines is 1. The molecule has 1 atom stereocenters. The Morgan fingerprint density at radius 1 is 1.24 bits per heavy atom. The molecule has 3 rings (SSSR count). The van der Waals surface area contributed by atoms with Gasteiger partial charge in [0.2, 0.25) is 0 Å². The summed E-state index contributed by atoms with van der Waals surface area (Å²) in [4.78, 5) is 9.30. The van der Waals surface area contributed by atoms with Crippen molar-refractivity contribution in [2.45, 2.75) is 25.4 Å². The van der Waals surface area contributed by atoms with Crippen LogP contribution in [0, 0.1) is 0 Å². The lowest BCUT2D eigenvalue weighted by atomic mass is 10.1. The Kier molecular flexibility index (Phi) is 2.94. The number of nitrogens with one attached hydrogen (secondary N) is 1. The number of hydrogen-bond acceptors (Lipinski definition) is 5. The number of ether oxygens (including phenoxy) is 2. The molecule has 1 aromatic rings. The molecule has 0 spiro atoms. The predicted octanol–water partition coefficient (Wildman–Crippen LogP) is 1.09. The Balaban J connectivity index is 1.99. The van der Waals surface area contributed by atoms with Gasteiger partial charge in [0.25, 0.3) is 0 Å². The number of fused-ring (bicyclic) bond motifs is 1. The highest BCUT2D eigenvalue weighted by Crippen LogP contribution is 2.27. The first kappa shape index (κ1) is 10.9. The highest BCUT2D eigenvalue weighted by atomic mass is 16.5. The SMILES string of the molecule is CNc1nc(C2CCOC2)nc2c1COCC2. The molecule has 1 fully saturated rings. The van der Waals surface area contributed by atoms with Crippen molar-refractivity contribution in [1.82, 2.24) is 9.97 Å². The number of nitrogens with zero attached hydrogens (tertiary/aromatic N) is 2. The van der Waals surface area contributed by atoms with Gasteiger partial charge in [-0.1, -0.05) is 0 Å². The molecular formula is C12H17N3O2. The van der Waals surface area contributed by atoms with Gasteiger partial charge in [-0.2, -0.15) is 0 Å². The molecule has 0 aliphatic carbocycles. The molecule has 0 saturated carbocycles. The summed E-state index contributed by atoms with van der Waals surface area (Å²) in [7, 11) is 1.89. The van der Waals surface area contributed by atoms with Crippen molar-refractivity contribution in [3.63, 3.8) is 0 Å². The Labute approximate surface area is 101 Å². The summed E-state index contributed by atoms with van der Waals surface area (Å²) < 4.78 is 10.9. The molecule has 0 amide bonds. The van der Waals surface area contributed by atoms with Crippen LogP contribution in [0.1, 0.15) is 29.4 Å². The summed E-state index contributed by atoms with van der Waals surface area (Å²) in [6.45, 7) is 2.95. The van der Waals surface area contributed by atoms with Crippen molar-refractivity contribution in [2.24, 2.45) is 0 Å². The fraction of sp³-hybridized carbons (Fsp3) is 0.667. The minimum atomic E-state index is 0.357. The van der Waals surface area contributed by atoms with Crippen LogP contribution in [0.2, 0.25) is 0 Å². The molecule has 5 nitrogen and oxygen atoms in total. The van der Waals surface area contributed by atoms with Gasteiger partial charge in [0.15, 0.2) is 0 Å². The van der Waals surface area contributed by atoms with Crippen molar-refractivity contribution >= 4 is 5.82 Å². The molecule has 1 aromatic heterocycles. The molecule has 2 aliphatic rings. The fourth-order valence-corrected chi connectivity index (χ4v) is 2.38. The van der Waals surface area contributed by atoms with Crippen LogP contribution >= 0.6 is 0 Å². The Bertz CT molecular complexity index is 399. The first-order valence-corrected chi connectivity index (χ1v) is 6.11. The third-order valence-electron chi connectivity index (χ3n) is 3.37. The van der Waals surface area contributed by atoms with Gasteiger partial charge in [-0.25, -0.2) is 9.97 Å². The molecule has 5 heteroatoms. The summed E-state index contributed by atoms with van der Waals surface area (Å²) in [5.74, 6) is 2.19. The highest BCUT2D eigenvalue weighted by Gasteiger charge is 2.24. The number of aromatic nitrogens is 2. The minimum absolute atomic E-state index is 0.357. The van der Waals surface area contributed by atoms with Crippen LogP contribution in [0.25, 0.3) is 0 Å². The normalized spacial score (nSPS) is 23.5. The van der Waals surface area contributed by atoms with Gasteiger partial charge in [-0.05, 0) is 6.42 Å². The summed E-state index contributed by atoms with van der Waals surface area (Å²) >= 11 is 0. The molecule has 1 N–H and O–H groups in total. The molecular weight excluding hydrogens is 218 g/mol. The predicted molar refractivity (Wildman–Crippen MR) is 63.1 cm³/mol. The molecule has 0 radical (unpaired) electrons. The fourth-order valence-electron chi connectivity index (χ4n) is 2.38. The third-order valence-corrected chi connectivity index (χ3v) is 3.37. The largest absolute Gasteiger partial charge is 0.381 e. The Morgan fingerprint density at radius 2 is 2.18 bits per heavy atom. The van der Waals surface area contributed by atoms with Crippen molar-refractivity contribution in [3.05, 3.63) is 17.1 Å². The van der Waals surface area contributed by atoms with Crippen LogP contribution in [0.3, 0.4) is 0 Å². The third kappa shape index (κ3) is 2.00. The van der Waals surface area contributed by atoms with E-state index in [0.717, 1.165) is 55.6 Å². The monoisotopic (exact) mass is 235 g/mol. The van der Waals surface area contributed by atoms with Crippen LogP contribution < -0.4 is 5.32 Å². The topological polar surface area (TPSA) is 56.3 Å². The average molecular weight is 235 g/mol. The first-order chi connectivity index (χ1) is 8.38. The summed E-state index contributed by atoms with van der Waals surface area (Å²) in [6, 6.07) is 0. The average Bonchev–Trinajstić information content (AvgIpc) is 2.91. The molecule has 3 heterocycles. The van der Waals surface area contributed by atoms with E-state index in [0.29, 0.717) is 12.5 Å². The highest BCUT2D eigenvalue weighted by molar-refractivity contribution is 5.47. The molecule has 2 aliphatic heterocycles. The van der Waals surface area contributed by atoms with Crippen LogP contribution in [0.15, 0.2) is 0 Å². The summed E-state index contributed by atoms with van der Waals surface area (Å²) in [5.41, 5.74) is 2.25. The van der Waals surface area contributed by atoms with Crippen LogP contribution in [0.4, 0.5) is 5.82 Å². The molecule has 0 bridgehead atoms. The maximum Gasteiger partial charge on any atom is 0.136 e. The maximum absolute atomic E-state index is 5.46. The van der Waals surface area contributed by atoms with E-state index in [9.17, 15) is 0 Å². The molecule has 1 saturated heterocycles. The lowest BCUT2D eigenvalue weighted by Gasteiger charge is -2.20. The van der Waals surface area contributed by atoms with Crippen LogP contribution in [-0.4, -0.2) is 36.8 Å². The van der Waals surface area contributed by atoms with Gasteiger partial charge in [0.1, 0.15) is 11.6 Å².